The van der Waals surface area contributed by atoms with Crippen molar-refractivity contribution in [3.63, 3.8) is 0 Å². The second kappa shape index (κ2) is 9.00. The molecule has 0 bridgehead atoms. The first kappa shape index (κ1) is 9.58. The summed E-state index contributed by atoms with van der Waals surface area (Å²) < 4.78 is 0. The largest absolute Gasteiger partial charge is 0.267 e. The molecule has 0 saturated heterocycles. The van der Waals surface area contributed by atoms with E-state index in [0.717, 1.165) is 22.0 Å². The first-order valence-electron chi connectivity index (χ1n) is 0.638. The third-order valence-electron chi connectivity index (χ3n) is 0.0556. The normalized spacial score (nSPS) is 6.00. The third-order valence-corrected chi connectivity index (χ3v) is 0.500. The minimum absolute atomic E-state index is 0. The van der Waals surface area contributed by atoms with Gasteiger partial charge in [-0.15, -0.1) is 0 Å². The van der Waals surface area contributed by atoms with Crippen molar-refractivity contribution in [2.75, 3.05) is 0 Å². The summed E-state index contributed by atoms with van der Waals surface area (Å²) in [6, 6.07) is 0. The molecule has 0 aliphatic heterocycles. The molecule has 4 N–H and O–H groups in total. The Morgan fingerprint density at radius 1 is 1.00 bits per heavy atom. The van der Waals surface area contributed by atoms with Crippen LogP contribution < -0.4 is 10.3 Å². The van der Waals surface area contributed by atoms with Crippen LogP contribution in [0.2, 0.25) is 0 Å². The molecule has 0 aromatic rings. The van der Waals surface area contributed by atoms with E-state index in [9.17, 15) is 0 Å². The molecule has 5 heteroatoms. The van der Waals surface area contributed by atoms with Crippen molar-refractivity contribution in [2.45, 2.75) is 0 Å². The van der Waals surface area contributed by atoms with Crippen molar-refractivity contribution < 1.29 is 21.1 Å². The standard InChI is InChI=1S/H4N2S2.W/c1-3-4-2;/h1-2H2;. The summed E-state index contributed by atoms with van der Waals surface area (Å²) in [7, 11) is 2.10. The van der Waals surface area contributed by atoms with Crippen LogP contribution in [0.25, 0.3) is 0 Å². The smallest absolute Gasteiger partial charge is 0.00201 e. The van der Waals surface area contributed by atoms with E-state index in [2.05, 4.69) is 0 Å². The topological polar surface area (TPSA) is 52.0 Å². The van der Waals surface area contributed by atoms with Gasteiger partial charge in [-0.3, -0.25) is 10.3 Å². The van der Waals surface area contributed by atoms with Crippen LogP contribution in [0.4, 0.5) is 0 Å². The molecule has 0 spiro atoms. The maximum absolute atomic E-state index is 4.78. The fourth-order valence-corrected chi connectivity index (χ4v) is 0. The van der Waals surface area contributed by atoms with Gasteiger partial charge in [0.2, 0.25) is 0 Å². The maximum Gasteiger partial charge on any atom is 0.00201 e. The van der Waals surface area contributed by atoms with Gasteiger partial charge in [0.1, 0.15) is 0 Å². The van der Waals surface area contributed by atoms with Crippen LogP contribution >= 0.6 is 22.0 Å². The fraction of sp³-hybridized carbons (Fsp3) is 0. The predicted octanol–water partition coefficient (Wildman–Crippen LogP) is 0.113. The van der Waals surface area contributed by atoms with Crippen LogP contribution in [-0.2, 0) is 21.1 Å². The minimum atomic E-state index is 0. The zero-order chi connectivity index (χ0) is 3.41. The third kappa shape index (κ3) is 10.9. The molecule has 0 fully saturated rings. The quantitative estimate of drug-likeness (QED) is 0.529. The Morgan fingerprint density at radius 2 is 1.20 bits per heavy atom. The van der Waals surface area contributed by atoms with Gasteiger partial charge in [-0.25, -0.2) is 0 Å². The molecular weight excluding hydrogens is 276 g/mol. The van der Waals surface area contributed by atoms with E-state index >= 15 is 0 Å². The Labute approximate surface area is 53.4 Å². The monoisotopic (exact) mass is 280 g/mol. The van der Waals surface area contributed by atoms with Crippen molar-refractivity contribution in [3.8, 4) is 0 Å². The van der Waals surface area contributed by atoms with E-state index in [-0.39, 0.29) is 21.1 Å². The van der Waals surface area contributed by atoms with Crippen molar-refractivity contribution in [3.05, 3.63) is 0 Å². The molecule has 0 amide bonds. The van der Waals surface area contributed by atoms with Gasteiger partial charge in [0.05, 0.1) is 0 Å². The summed E-state index contributed by atoms with van der Waals surface area (Å²) in [6.45, 7) is 0. The molecule has 2 nitrogen and oxygen atoms in total. The Morgan fingerprint density at radius 3 is 1.20 bits per heavy atom. The maximum atomic E-state index is 4.78. The van der Waals surface area contributed by atoms with Gasteiger partial charge in [0.15, 0.2) is 0 Å². The molecule has 0 heterocycles. The van der Waals surface area contributed by atoms with Crippen molar-refractivity contribution in [2.24, 2.45) is 10.3 Å². The Hall–Kier alpha value is 1.31. The van der Waals surface area contributed by atoms with Crippen molar-refractivity contribution in [1.82, 2.24) is 0 Å². The van der Waals surface area contributed by atoms with Gasteiger partial charge in [-0.2, -0.15) is 0 Å². The van der Waals surface area contributed by atoms with Crippen LogP contribution in [0.3, 0.4) is 0 Å². The van der Waals surface area contributed by atoms with Crippen LogP contribution in [-0.4, -0.2) is 0 Å². The zero-order valence-electron chi connectivity index (χ0n) is 2.38. The fourth-order valence-electron chi connectivity index (χ4n) is 0. The first-order valence-corrected chi connectivity index (χ1v) is 2.91. The van der Waals surface area contributed by atoms with Gasteiger partial charge < -0.3 is 0 Å². The van der Waals surface area contributed by atoms with Gasteiger partial charge in [-0.1, -0.05) is 0 Å². The SMILES string of the molecule is NSSN.[W]. The molecule has 0 unspecified atom stereocenters. The molecule has 0 rings (SSSR count). The van der Waals surface area contributed by atoms with Crippen LogP contribution in [0.15, 0.2) is 0 Å². The van der Waals surface area contributed by atoms with Crippen LogP contribution in [0, 0.1) is 0 Å². The van der Waals surface area contributed by atoms with Crippen LogP contribution in [0.1, 0.15) is 0 Å². The summed E-state index contributed by atoms with van der Waals surface area (Å²) >= 11 is 0. The van der Waals surface area contributed by atoms with Gasteiger partial charge in [-0.05, 0) is 0 Å². The molecule has 5 heavy (non-hydrogen) atoms. The van der Waals surface area contributed by atoms with E-state index in [0.29, 0.717) is 0 Å². The number of hydrogen-bond acceptors (Lipinski definition) is 4. The Kier molecular flexibility index (Phi) is 17.2. The van der Waals surface area contributed by atoms with E-state index in [1.165, 1.54) is 0 Å². The molecule has 0 radical (unpaired) electrons. The second-order valence-electron chi connectivity index (χ2n) is 0.192. The Bertz CT molecular complexity index is 9.61. The molecule has 0 aromatic heterocycles. The second-order valence-corrected chi connectivity index (χ2v) is 1.73. The summed E-state index contributed by atoms with van der Waals surface area (Å²) in [5.74, 6) is 0. The van der Waals surface area contributed by atoms with Crippen molar-refractivity contribution >= 4 is 22.0 Å². The summed E-state index contributed by atoms with van der Waals surface area (Å²) in [6.07, 6.45) is 0. The van der Waals surface area contributed by atoms with Crippen LogP contribution in [0.5, 0.6) is 0 Å². The predicted molar refractivity (Wildman–Crippen MR) is 23.6 cm³/mol. The van der Waals surface area contributed by atoms with Crippen molar-refractivity contribution in [1.29, 1.82) is 0 Å². The Balaban J connectivity index is 0. The number of hydrogen-bond donors (Lipinski definition) is 2. The zero-order valence-corrected chi connectivity index (χ0v) is 6.95. The average Bonchev–Trinajstić information content (AvgIpc) is 1.37. The summed E-state index contributed by atoms with van der Waals surface area (Å²) in [4.78, 5) is 0. The minimum Gasteiger partial charge on any atom is -0.267 e. The van der Waals surface area contributed by atoms with Gasteiger partial charge >= 0.3 is 0 Å². The van der Waals surface area contributed by atoms with E-state index in [1.54, 1.807) is 0 Å². The molecule has 32 valence electrons. The van der Waals surface area contributed by atoms with E-state index in [4.69, 9.17) is 10.3 Å². The van der Waals surface area contributed by atoms with Gasteiger partial charge in [0.25, 0.3) is 0 Å². The molecule has 0 atom stereocenters. The average molecular weight is 280 g/mol. The van der Waals surface area contributed by atoms with Gasteiger partial charge in [0, 0.05) is 43.0 Å². The molecule has 0 saturated carbocycles. The molecule has 0 aliphatic carbocycles. The number of nitrogens with two attached hydrogens (primary N) is 2. The first-order chi connectivity index (χ1) is 1.91. The molecule has 0 aliphatic rings. The number of rotatable bonds is 1. The summed E-state index contributed by atoms with van der Waals surface area (Å²) in [5, 5.41) is 9.56. The van der Waals surface area contributed by atoms with E-state index < -0.39 is 0 Å². The molecular formula is H4N2S2W. The van der Waals surface area contributed by atoms with E-state index in [1.807, 2.05) is 0 Å². The molecule has 0 aromatic carbocycles. The summed E-state index contributed by atoms with van der Waals surface area (Å²) in [5.41, 5.74) is 0.